The Morgan fingerprint density at radius 1 is 1.15 bits per heavy atom. The van der Waals surface area contributed by atoms with Gasteiger partial charge in [0.1, 0.15) is 11.5 Å². The number of benzene rings is 2. The lowest BCUT2D eigenvalue weighted by Crippen LogP contribution is -2.30. The fourth-order valence-corrected chi connectivity index (χ4v) is 2.49. The van der Waals surface area contributed by atoms with Crippen molar-refractivity contribution in [3.63, 3.8) is 0 Å². The largest absolute Gasteiger partial charge is 0.493 e. The van der Waals surface area contributed by atoms with E-state index in [1.54, 1.807) is 24.3 Å². The molecule has 0 fully saturated rings. The lowest BCUT2D eigenvalue weighted by atomic mass is 10.1. The van der Waals surface area contributed by atoms with Crippen molar-refractivity contribution in [2.24, 2.45) is 0 Å². The zero-order chi connectivity index (χ0) is 18.9. The van der Waals surface area contributed by atoms with E-state index in [1.807, 2.05) is 26.0 Å². The van der Waals surface area contributed by atoms with Gasteiger partial charge in [-0.3, -0.25) is 4.79 Å². The number of hydrogen-bond donors (Lipinski definition) is 1. The van der Waals surface area contributed by atoms with Gasteiger partial charge in [-0.25, -0.2) is 0 Å². The van der Waals surface area contributed by atoms with Crippen LogP contribution in [0.5, 0.6) is 11.5 Å². The zero-order valence-corrected chi connectivity index (χ0v) is 15.5. The molecule has 2 aromatic rings. The second-order valence-electron chi connectivity index (χ2n) is 6.19. The van der Waals surface area contributed by atoms with Gasteiger partial charge >= 0.3 is 0 Å². The van der Waals surface area contributed by atoms with Crippen molar-refractivity contribution in [3.8, 4) is 17.6 Å². The minimum Gasteiger partial charge on any atom is -0.493 e. The Morgan fingerprint density at radius 3 is 2.73 bits per heavy atom. The molecule has 0 aliphatic carbocycles. The molecule has 0 aliphatic heterocycles. The van der Waals surface area contributed by atoms with Crippen LogP contribution in [-0.4, -0.2) is 25.7 Å². The number of aryl methyl sites for hydroxylation is 2. The number of nitrogens with zero attached hydrogens (tertiary/aromatic N) is 1. The first kappa shape index (κ1) is 19.3. The predicted octanol–water partition coefficient (Wildman–Crippen LogP) is 3.45. The summed E-state index contributed by atoms with van der Waals surface area (Å²) >= 11 is 0. The van der Waals surface area contributed by atoms with Crippen molar-refractivity contribution in [1.82, 2.24) is 5.32 Å². The highest BCUT2D eigenvalue weighted by Crippen LogP contribution is 2.23. The first-order chi connectivity index (χ1) is 12.5. The smallest absolute Gasteiger partial charge is 0.257 e. The van der Waals surface area contributed by atoms with E-state index in [0.717, 1.165) is 11.3 Å². The lowest BCUT2D eigenvalue weighted by Gasteiger charge is -2.12. The van der Waals surface area contributed by atoms with Gasteiger partial charge in [-0.05, 0) is 68.1 Å². The van der Waals surface area contributed by atoms with Gasteiger partial charge in [0.25, 0.3) is 5.91 Å². The molecule has 0 heterocycles. The number of amides is 1. The van der Waals surface area contributed by atoms with Gasteiger partial charge in [-0.1, -0.05) is 12.1 Å². The van der Waals surface area contributed by atoms with Crippen molar-refractivity contribution in [3.05, 3.63) is 58.7 Å². The van der Waals surface area contributed by atoms with Crippen LogP contribution in [0.1, 0.15) is 28.7 Å². The molecule has 2 rings (SSSR count). The van der Waals surface area contributed by atoms with Crippen LogP contribution in [0.2, 0.25) is 0 Å². The molecular formula is C21H24N2O3. The molecule has 0 saturated heterocycles. The third kappa shape index (κ3) is 5.82. The summed E-state index contributed by atoms with van der Waals surface area (Å²) in [4.78, 5) is 11.8. The Morgan fingerprint density at radius 2 is 1.96 bits per heavy atom. The van der Waals surface area contributed by atoms with Crippen LogP contribution < -0.4 is 14.8 Å². The van der Waals surface area contributed by atoms with Gasteiger partial charge in [0.15, 0.2) is 6.61 Å². The van der Waals surface area contributed by atoms with Gasteiger partial charge in [0.2, 0.25) is 0 Å². The molecule has 1 N–H and O–H groups in total. The van der Waals surface area contributed by atoms with Crippen LogP contribution in [0.15, 0.2) is 36.4 Å². The molecule has 0 bridgehead atoms. The Hall–Kier alpha value is -3.00. The molecule has 0 spiro atoms. The van der Waals surface area contributed by atoms with Crippen LogP contribution >= 0.6 is 0 Å². The van der Waals surface area contributed by atoms with E-state index in [-0.39, 0.29) is 12.5 Å². The van der Waals surface area contributed by atoms with Crippen LogP contribution in [0.3, 0.4) is 0 Å². The van der Waals surface area contributed by atoms with Gasteiger partial charge in [-0.2, -0.15) is 5.26 Å². The molecule has 1 amide bonds. The van der Waals surface area contributed by atoms with Crippen LogP contribution in [0, 0.1) is 32.1 Å². The van der Waals surface area contributed by atoms with E-state index in [4.69, 9.17) is 14.7 Å². The predicted molar refractivity (Wildman–Crippen MR) is 100 cm³/mol. The molecule has 0 atom stereocenters. The maximum atomic E-state index is 11.8. The lowest BCUT2D eigenvalue weighted by molar-refractivity contribution is -0.123. The highest BCUT2D eigenvalue weighted by molar-refractivity contribution is 5.77. The summed E-state index contributed by atoms with van der Waals surface area (Å²) in [7, 11) is 0. The average Bonchev–Trinajstić information content (AvgIpc) is 2.63. The molecular weight excluding hydrogens is 328 g/mol. The summed E-state index contributed by atoms with van der Waals surface area (Å²) in [5.41, 5.74) is 4.04. The quantitative estimate of drug-likeness (QED) is 0.739. The highest BCUT2D eigenvalue weighted by atomic mass is 16.5. The second kappa shape index (κ2) is 9.47. The first-order valence-corrected chi connectivity index (χ1v) is 8.60. The number of carbonyl (C=O) groups excluding carboxylic acids is 1. The summed E-state index contributed by atoms with van der Waals surface area (Å²) in [5.74, 6) is 1.21. The first-order valence-electron chi connectivity index (χ1n) is 8.60. The third-order valence-electron chi connectivity index (χ3n) is 4.00. The fraction of sp³-hybridized carbons (Fsp3) is 0.333. The van der Waals surface area contributed by atoms with E-state index in [2.05, 4.69) is 18.3 Å². The minimum absolute atomic E-state index is 0.0775. The van der Waals surface area contributed by atoms with Crippen molar-refractivity contribution < 1.29 is 14.3 Å². The molecule has 5 heteroatoms. The molecule has 26 heavy (non-hydrogen) atoms. The molecule has 136 valence electrons. The second-order valence-corrected chi connectivity index (χ2v) is 6.19. The SMILES string of the molecule is Cc1cc(C)c(C)c(OCCCNC(=O)COc2cccc(C#N)c2)c1. The highest BCUT2D eigenvalue weighted by Gasteiger charge is 2.05. The minimum atomic E-state index is -0.199. The van der Waals surface area contributed by atoms with Crippen LogP contribution in [-0.2, 0) is 4.79 Å². The molecule has 0 aliphatic rings. The zero-order valence-electron chi connectivity index (χ0n) is 15.5. The standard InChI is InChI=1S/C21H24N2O3/c1-15-10-16(2)17(3)20(11-15)25-9-5-8-23-21(24)14-26-19-7-4-6-18(12-19)13-22/h4,6-7,10-12H,5,8-9,14H2,1-3H3,(H,23,24). The molecule has 5 nitrogen and oxygen atoms in total. The Bertz CT molecular complexity index is 809. The molecule has 0 radical (unpaired) electrons. The number of nitriles is 1. The van der Waals surface area contributed by atoms with E-state index in [9.17, 15) is 4.79 Å². The summed E-state index contributed by atoms with van der Waals surface area (Å²) < 4.78 is 11.2. The van der Waals surface area contributed by atoms with Crippen molar-refractivity contribution in [1.29, 1.82) is 5.26 Å². The van der Waals surface area contributed by atoms with E-state index in [1.165, 1.54) is 11.1 Å². The van der Waals surface area contributed by atoms with Crippen molar-refractivity contribution >= 4 is 5.91 Å². The summed E-state index contributed by atoms with van der Waals surface area (Å²) in [6.45, 7) is 7.14. The summed E-state index contributed by atoms with van der Waals surface area (Å²) in [6.07, 6.45) is 0.710. The Kier molecular flexibility index (Phi) is 7.04. The Balaban J connectivity index is 1.67. The topological polar surface area (TPSA) is 71.3 Å². The maximum absolute atomic E-state index is 11.8. The molecule has 0 saturated carbocycles. The molecule has 2 aromatic carbocycles. The monoisotopic (exact) mass is 352 g/mol. The molecule has 0 aromatic heterocycles. The number of hydrogen-bond acceptors (Lipinski definition) is 4. The van der Waals surface area contributed by atoms with Gasteiger partial charge in [-0.15, -0.1) is 0 Å². The van der Waals surface area contributed by atoms with E-state index < -0.39 is 0 Å². The number of ether oxygens (including phenoxy) is 2. The Labute approximate surface area is 154 Å². The van der Waals surface area contributed by atoms with Gasteiger partial charge in [0, 0.05) is 6.54 Å². The van der Waals surface area contributed by atoms with Crippen molar-refractivity contribution in [2.75, 3.05) is 19.8 Å². The fourth-order valence-electron chi connectivity index (χ4n) is 2.49. The normalized spacial score (nSPS) is 10.1. The van der Waals surface area contributed by atoms with Crippen LogP contribution in [0.25, 0.3) is 0 Å². The molecule has 0 unspecified atom stereocenters. The third-order valence-corrected chi connectivity index (χ3v) is 4.00. The summed E-state index contributed by atoms with van der Waals surface area (Å²) in [5, 5.41) is 11.6. The maximum Gasteiger partial charge on any atom is 0.257 e. The number of nitrogens with one attached hydrogen (secondary N) is 1. The van der Waals surface area contributed by atoms with Gasteiger partial charge < -0.3 is 14.8 Å². The number of rotatable bonds is 8. The van der Waals surface area contributed by atoms with E-state index >= 15 is 0 Å². The van der Waals surface area contributed by atoms with Crippen LogP contribution in [0.4, 0.5) is 0 Å². The van der Waals surface area contributed by atoms with Crippen molar-refractivity contribution in [2.45, 2.75) is 27.2 Å². The number of carbonyl (C=O) groups is 1. The average molecular weight is 352 g/mol. The summed E-state index contributed by atoms with van der Waals surface area (Å²) in [6, 6.07) is 12.9. The van der Waals surface area contributed by atoms with E-state index in [0.29, 0.717) is 30.9 Å². The van der Waals surface area contributed by atoms with Gasteiger partial charge in [0.05, 0.1) is 18.2 Å².